The fourth-order valence-electron chi connectivity index (χ4n) is 2.78. The van der Waals surface area contributed by atoms with E-state index in [9.17, 15) is 9.59 Å². The molecule has 0 radical (unpaired) electrons. The van der Waals surface area contributed by atoms with Crippen molar-refractivity contribution in [2.45, 2.75) is 20.3 Å². The zero-order valence-corrected chi connectivity index (χ0v) is 16.7. The maximum absolute atomic E-state index is 11.3. The number of carbonyl (C=O) groups excluding carboxylic acids is 2. The molecule has 0 unspecified atom stereocenters. The van der Waals surface area contributed by atoms with E-state index in [0.717, 1.165) is 17.6 Å². The third-order valence-electron chi connectivity index (χ3n) is 4.15. The summed E-state index contributed by atoms with van der Waals surface area (Å²) in [6.45, 7) is 5.36. The van der Waals surface area contributed by atoms with E-state index in [-0.39, 0.29) is 18.8 Å². The molecule has 2 rings (SSSR count). The van der Waals surface area contributed by atoms with Gasteiger partial charge in [-0.1, -0.05) is 13.8 Å². The van der Waals surface area contributed by atoms with Crippen LogP contribution in [0.5, 0.6) is 11.5 Å². The second kappa shape index (κ2) is 10.5. The molecule has 1 aliphatic heterocycles. The average Bonchev–Trinajstić information content (AvgIpc) is 2.70. The van der Waals surface area contributed by atoms with E-state index in [0.29, 0.717) is 36.2 Å². The highest BCUT2D eigenvalue weighted by Gasteiger charge is 2.21. The summed E-state index contributed by atoms with van der Waals surface area (Å²) in [5.41, 5.74) is 2.32. The van der Waals surface area contributed by atoms with Crippen molar-refractivity contribution < 1.29 is 28.5 Å². The van der Waals surface area contributed by atoms with Gasteiger partial charge in [-0.25, -0.2) is 0 Å². The first-order chi connectivity index (χ1) is 13.5. The molecule has 1 amide bonds. The van der Waals surface area contributed by atoms with Crippen LogP contribution in [0.4, 0.5) is 0 Å². The second-order valence-electron chi connectivity index (χ2n) is 6.56. The molecule has 1 aliphatic rings. The largest absolute Gasteiger partial charge is 0.493 e. The van der Waals surface area contributed by atoms with E-state index in [1.54, 1.807) is 14.2 Å². The van der Waals surface area contributed by atoms with Crippen molar-refractivity contribution in [2.24, 2.45) is 5.92 Å². The Morgan fingerprint density at radius 2 is 2.04 bits per heavy atom. The normalized spacial score (nSPS) is 13.7. The van der Waals surface area contributed by atoms with Crippen LogP contribution in [0, 0.1) is 5.92 Å². The molecule has 1 heterocycles. The molecule has 1 aromatic carbocycles. The molecule has 0 aromatic heterocycles. The smallest absolute Gasteiger partial charge is 0.288 e. The number of amides is 1. The van der Waals surface area contributed by atoms with Gasteiger partial charge in [0.15, 0.2) is 11.5 Å². The summed E-state index contributed by atoms with van der Waals surface area (Å²) in [4.78, 5) is 21.9. The first kappa shape index (κ1) is 21.5. The van der Waals surface area contributed by atoms with Gasteiger partial charge in [0.1, 0.15) is 12.4 Å². The molecular weight excluding hydrogens is 362 g/mol. The number of benzene rings is 1. The minimum atomic E-state index is -0.697. The van der Waals surface area contributed by atoms with Crippen molar-refractivity contribution in [3.8, 4) is 11.5 Å². The van der Waals surface area contributed by atoms with Crippen molar-refractivity contribution >= 4 is 18.0 Å². The number of aldehydes is 1. The summed E-state index contributed by atoms with van der Waals surface area (Å²) in [6, 6.07) is 5.62. The first-order valence-electron chi connectivity index (χ1n) is 9.14. The van der Waals surface area contributed by atoms with Gasteiger partial charge in [-0.15, -0.1) is 0 Å². The molecule has 0 bridgehead atoms. The monoisotopic (exact) mass is 389 g/mol. The molecule has 0 atom stereocenters. The molecule has 0 saturated carbocycles. The zero-order valence-electron chi connectivity index (χ0n) is 16.7. The Balaban J connectivity index is 2.33. The maximum Gasteiger partial charge on any atom is 0.288 e. The summed E-state index contributed by atoms with van der Waals surface area (Å²) in [5, 5.41) is 2.53. The Morgan fingerprint density at radius 3 is 2.68 bits per heavy atom. The quantitative estimate of drug-likeness (QED) is 0.376. The number of hydrogen-bond donors (Lipinski definition) is 1. The number of hydrogen-bond acceptors (Lipinski definition) is 6. The third kappa shape index (κ3) is 5.60. The minimum Gasteiger partial charge on any atom is -0.493 e. The molecular formula is C21H27NO6. The molecule has 28 heavy (non-hydrogen) atoms. The van der Waals surface area contributed by atoms with Gasteiger partial charge in [-0.05, 0) is 35.8 Å². The third-order valence-corrected chi connectivity index (χ3v) is 4.15. The SMILES string of the molecule is COCCCOc1cc(C2=C(C(C)C)C=C(NC(=O)C=O)CO2)ccc1OC. The summed E-state index contributed by atoms with van der Waals surface area (Å²) in [5.74, 6) is 1.42. The highest BCUT2D eigenvalue weighted by atomic mass is 16.5. The predicted molar refractivity (Wildman–Crippen MR) is 105 cm³/mol. The standard InChI is InChI=1S/C21H27NO6/c1-14(2)17-11-16(22-20(24)12-23)13-28-21(17)15-6-7-18(26-4)19(10-15)27-9-5-8-25-3/h6-7,10-12,14H,5,8-9,13H2,1-4H3,(H,22,24). The molecule has 0 aliphatic carbocycles. The molecule has 0 saturated heterocycles. The van der Waals surface area contributed by atoms with Crippen molar-refractivity contribution in [3.05, 3.63) is 41.1 Å². The summed E-state index contributed by atoms with van der Waals surface area (Å²) < 4.78 is 22.2. The van der Waals surface area contributed by atoms with Crippen LogP contribution in [0.2, 0.25) is 0 Å². The Bertz CT molecular complexity index is 766. The summed E-state index contributed by atoms with van der Waals surface area (Å²) >= 11 is 0. The van der Waals surface area contributed by atoms with Gasteiger partial charge in [0.25, 0.3) is 5.91 Å². The lowest BCUT2D eigenvalue weighted by Crippen LogP contribution is -2.28. The lowest BCUT2D eigenvalue weighted by atomic mass is 9.95. The van der Waals surface area contributed by atoms with Crippen molar-refractivity contribution in [2.75, 3.05) is 34.0 Å². The number of carbonyl (C=O) groups is 2. The summed E-state index contributed by atoms with van der Waals surface area (Å²) in [6.07, 6.45) is 2.86. The Kier molecular flexibility index (Phi) is 8.07. The Morgan fingerprint density at radius 1 is 1.25 bits per heavy atom. The van der Waals surface area contributed by atoms with E-state index >= 15 is 0 Å². The number of nitrogens with one attached hydrogen (secondary N) is 1. The number of rotatable bonds is 10. The molecule has 7 nitrogen and oxygen atoms in total. The first-order valence-corrected chi connectivity index (χ1v) is 9.14. The van der Waals surface area contributed by atoms with Crippen LogP contribution in [0.3, 0.4) is 0 Å². The fraction of sp³-hybridized carbons (Fsp3) is 0.429. The van der Waals surface area contributed by atoms with Crippen molar-refractivity contribution in [1.29, 1.82) is 0 Å². The average molecular weight is 389 g/mol. The van der Waals surface area contributed by atoms with Crippen molar-refractivity contribution in [1.82, 2.24) is 5.32 Å². The number of ether oxygens (including phenoxy) is 4. The van der Waals surface area contributed by atoms with Gasteiger partial charge in [0.2, 0.25) is 6.29 Å². The van der Waals surface area contributed by atoms with E-state index in [4.69, 9.17) is 18.9 Å². The maximum atomic E-state index is 11.3. The van der Waals surface area contributed by atoms with E-state index in [1.165, 1.54) is 0 Å². The van der Waals surface area contributed by atoms with Gasteiger partial charge in [0, 0.05) is 25.7 Å². The number of allylic oxidation sites excluding steroid dienone is 2. The van der Waals surface area contributed by atoms with Gasteiger partial charge < -0.3 is 24.3 Å². The summed E-state index contributed by atoms with van der Waals surface area (Å²) in [7, 11) is 3.25. The number of methoxy groups -OCH3 is 2. The molecule has 152 valence electrons. The molecule has 0 fully saturated rings. The van der Waals surface area contributed by atoms with Crippen LogP contribution >= 0.6 is 0 Å². The molecule has 7 heteroatoms. The van der Waals surface area contributed by atoms with Gasteiger partial charge in [0.05, 0.1) is 19.4 Å². The highest BCUT2D eigenvalue weighted by molar-refractivity contribution is 6.24. The molecule has 1 N–H and O–H groups in total. The fourth-order valence-corrected chi connectivity index (χ4v) is 2.78. The zero-order chi connectivity index (χ0) is 20.5. The van der Waals surface area contributed by atoms with Crippen LogP contribution in [0.25, 0.3) is 5.76 Å². The van der Waals surface area contributed by atoms with Gasteiger partial charge >= 0.3 is 0 Å². The van der Waals surface area contributed by atoms with E-state index < -0.39 is 5.91 Å². The second-order valence-corrected chi connectivity index (χ2v) is 6.56. The predicted octanol–water partition coefficient (Wildman–Crippen LogP) is 2.71. The molecule has 0 spiro atoms. The van der Waals surface area contributed by atoms with Gasteiger partial charge in [-0.2, -0.15) is 0 Å². The van der Waals surface area contributed by atoms with Crippen LogP contribution in [0.1, 0.15) is 25.8 Å². The topological polar surface area (TPSA) is 83.1 Å². The minimum absolute atomic E-state index is 0.145. The van der Waals surface area contributed by atoms with Gasteiger partial charge in [-0.3, -0.25) is 9.59 Å². The lowest BCUT2D eigenvalue weighted by molar-refractivity contribution is -0.130. The Hall–Kier alpha value is -2.80. The van der Waals surface area contributed by atoms with E-state index in [2.05, 4.69) is 5.32 Å². The van der Waals surface area contributed by atoms with Crippen LogP contribution < -0.4 is 14.8 Å². The lowest BCUT2D eigenvalue weighted by Gasteiger charge is -2.24. The highest BCUT2D eigenvalue weighted by Crippen LogP contribution is 2.35. The van der Waals surface area contributed by atoms with Crippen LogP contribution in [-0.4, -0.2) is 46.2 Å². The van der Waals surface area contributed by atoms with Crippen LogP contribution in [-0.2, 0) is 19.1 Å². The molecule has 1 aromatic rings. The van der Waals surface area contributed by atoms with Crippen LogP contribution in [0.15, 0.2) is 35.5 Å². The van der Waals surface area contributed by atoms with E-state index in [1.807, 2.05) is 38.1 Å². The van der Waals surface area contributed by atoms with Crippen molar-refractivity contribution in [3.63, 3.8) is 0 Å². The Labute approximate surface area is 165 Å².